The van der Waals surface area contributed by atoms with Crippen LogP contribution in [0, 0.1) is 0 Å². The van der Waals surface area contributed by atoms with E-state index in [1.807, 2.05) is 0 Å². The first-order valence-electron chi connectivity index (χ1n) is 9.55. The van der Waals surface area contributed by atoms with E-state index in [1.54, 1.807) is 24.3 Å². The molecule has 1 saturated heterocycles. The molecule has 0 aliphatic carbocycles. The van der Waals surface area contributed by atoms with Gasteiger partial charge in [-0.3, -0.25) is 14.5 Å². The van der Waals surface area contributed by atoms with Gasteiger partial charge in [-0.05, 0) is 82.9 Å². The molecule has 1 amide bonds. The number of ketones is 1. The van der Waals surface area contributed by atoms with Crippen molar-refractivity contribution in [1.29, 1.82) is 0 Å². The lowest BCUT2D eigenvalue weighted by atomic mass is 10.1. The Balaban J connectivity index is 1.82. The van der Waals surface area contributed by atoms with Gasteiger partial charge in [-0.15, -0.1) is 0 Å². The van der Waals surface area contributed by atoms with E-state index in [9.17, 15) is 19.5 Å². The van der Waals surface area contributed by atoms with Crippen LogP contribution in [0.1, 0.15) is 31.1 Å². The third-order valence-corrected chi connectivity index (χ3v) is 9.88. The number of benzene rings is 2. The summed E-state index contributed by atoms with van der Waals surface area (Å²) in [6.45, 7) is 3.81. The van der Waals surface area contributed by atoms with Crippen LogP contribution in [0.5, 0.6) is 0 Å². The minimum absolute atomic E-state index is 0.0350. The second-order valence-corrected chi connectivity index (χ2v) is 10.5. The normalized spacial score (nSPS) is 14.9. The molecule has 0 unspecified atom stereocenters. The summed E-state index contributed by atoms with van der Waals surface area (Å²) in [7, 11) is 2.06. The van der Waals surface area contributed by atoms with Crippen molar-refractivity contribution in [3.63, 3.8) is 0 Å². The minimum atomic E-state index is -1.26. The highest BCUT2D eigenvalue weighted by molar-refractivity contribution is 9.15. The van der Waals surface area contributed by atoms with Gasteiger partial charge in [0.05, 0.1) is 17.7 Å². The number of piperazine rings is 1. The zero-order chi connectivity index (χ0) is 23.6. The van der Waals surface area contributed by atoms with Crippen LogP contribution < -0.4 is 5.32 Å². The molecule has 7 nitrogen and oxygen atoms in total. The van der Waals surface area contributed by atoms with Crippen LogP contribution >= 0.6 is 63.7 Å². The van der Waals surface area contributed by atoms with Gasteiger partial charge in [0.25, 0.3) is 5.91 Å². The third-order valence-electron chi connectivity index (χ3n) is 5.11. The first-order chi connectivity index (χ1) is 15.1. The highest BCUT2D eigenvalue weighted by Crippen LogP contribution is 2.42. The van der Waals surface area contributed by atoms with Crippen LogP contribution in [0.3, 0.4) is 0 Å². The predicted octanol–water partition coefficient (Wildman–Crippen LogP) is 5.12. The van der Waals surface area contributed by atoms with Crippen molar-refractivity contribution in [3.05, 3.63) is 58.8 Å². The summed E-state index contributed by atoms with van der Waals surface area (Å²) >= 11 is 13.2. The first-order valence-corrected chi connectivity index (χ1v) is 12.7. The van der Waals surface area contributed by atoms with E-state index in [0.717, 1.165) is 26.2 Å². The van der Waals surface area contributed by atoms with Crippen molar-refractivity contribution >= 4 is 87.1 Å². The number of carboxylic acids is 1. The molecule has 0 bridgehead atoms. The van der Waals surface area contributed by atoms with Gasteiger partial charge in [-0.2, -0.15) is 0 Å². The number of nitrogens with zero attached hydrogens (tertiary/aromatic N) is 2. The van der Waals surface area contributed by atoms with Gasteiger partial charge in [-0.1, -0.05) is 12.1 Å². The molecule has 32 heavy (non-hydrogen) atoms. The fourth-order valence-electron chi connectivity index (χ4n) is 3.31. The Hall–Kier alpha value is -1.11. The number of likely N-dealkylation sites (N-methyl/N-ethyl adjacent to an activating group) is 1. The summed E-state index contributed by atoms with van der Waals surface area (Å²) in [5.41, 5.74) is 0.649. The molecule has 0 spiro atoms. The van der Waals surface area contributed by atoms with E-state index in [0.29, 0.717) is 31.2 Å². The number of anilines is 1. The van der Waals surface area contributed by atoms with Crippen LogP contribution in [0.15, 0.2) is 42.2 Å². The fraction of sp³-hybridized carbons (Fsp3) is 0.286. The molecular weight excluding hydrogens is 678 g/mol. The maximum atomic E-state index is 13.0. The lowest BCUT2D eigenvalue weighted by Gasteiger charge is -2.31. The van der Waals surface area contributed by atoms with Crippen LogP contribution in [0.4, 0.5) is 5.69 Å². The molecular formula is C21H19Br4N3O4. The van der Waals surface area contributed by atoms with Crippen molar-refractivity contribution in [1.82, 2.24) is 9.80 Å². The van der Waals surface area contributed by atoms with Crippen LogP contribution in [-0.4, -0.2) is 72.3 Å². The van der Waals surface area contributed by atoms with E-state index < -0.39 is 11.9 Å². The Morgan fingerprint density at radius 3 is 2.12 bits per heavy atom. The minimum Gasteiger partial charge on any atom is -0.478 e. The summed E-state index contributed by atoms with van der Waals surface area (Å²) < 4.78 is 1.50. The highest BCUT2D eigenvalue weighted by atomic mass is 79.9. The fourth-order valence-corrected chi connectivity index (χ4v) is 5.78. The summed E-state index contributed by atoms with van der Waals surface area (Å²) in [5.74, 6) is -1.91. The first kappa shape index (κ1) is 25.5. The summed E-state index contributed by atoms with van der Waals surface area (Å²) in [5, 5.41) is 12.4. The highest BCUT2D eigenvalue weighted by Gasteiger charge is 2.28. The van der Waals surface area contributed by atoms with Crippen LogP contribution in [-0.2, 0) is 0 Å². The van der Waals surface area contributed by atoms with Crippen molar-refractivity contribution < 1.29 is 19.5 Å². The molecule has 0 aromatic heterocycles. The van der Waals surface area contributed by atoms with E-state index in [-0.39, 0.29) is 21.4 Å². The molecule has 3 rings (SSSR count). The number of Topliss-reactive ketones (excluding diaryl/α,β-unsaturated/α-hetero) is 1. The maximum absolute atomic E-state index is 13.0. The van der Waals surface area contributed by atoms with Crippen LogP contribution in [0.25, 0.3) is 0 Å². The molecule has 1 fully saturated rings. The number of rotatable bonds is 6. The largest absolute Gasteiger partial charge is 0.478 e. The molecule has 1 aliphatic heterocycles. The zero-order valence-electron chi connectivity index (χ0n) is 16.9. The Morgan fingerprint density at radius 1 is 0.938 bits per heavy atom. The van der Waals surface area contributed by atoms with E-state index >= 15 is 0 Å². The SMILES string of the molecule is CN1CCN(CC(=O)c2cccc(NC(=O)c3c(Br)c(Br)c(Br)c(Br)c3C(=O)O)c2)CC1. The molecule has 2 aromatic carbocycles. The molecule has 170 valence electrons. The molecule has 2 aromatic rings. The molecule has 0 saturated carbocycles. The van der Waals surface area contributed by atoms with E-state index in [1.165, 1.54) is 0 Å². The molecule has 1 aliphatic rings. The summed E-state index contributed by atoms with van der Waals surface area (Å²) in [6, 6.07) is 6.66. The molecule has 0 radical (unpaired) electrons. The van der Waals surface area contributed by atoms with Gasteiger partial charge < -0.3 is 15.3 Å². The average molecular weight is 697 g/mol. The Bertz CT molecular complexity index is 1090. The topological polar surface area (TPSA) is 90.0 Å². The zero-order valence-corrected chi connectivity index (χ0v) is 23.3. The number of hydrogen-bond donors (Lipinski definition) is 2. The number of amides is 1. The monoisotopic (exact) mass is 693 g/mol. The predicted molar refractivity (Wildman–Crippen MR) is 137 cm³/mol. The summed E-state index contributed by atoms with van der Waals surface area (Å²) in [4.78, 5) is 42.0. The average Bonchev–Trinajstić information content (AvgIpc) is 2.76. The van der Waals surface area contributed by atoms with Crippen molar-refractivity contribution in [3.8, 4) is 0 Å². The number of carbonyl (C=O) groups excluding carboxylic acids is 2. The lowest BCUT2D eigenvalue weighted by Crippen LogP contribution is -2.46. The smallest absolute Gasteiger partial charge is 0.337 e. The third kappa shape index (κ3) is 5.68. The van der Waals surface area contributed by atoms with Crippen molar-refractivity contribution in [2.24, 2.45) is 0 Å². The number of hydrogen-bond acceptors (Lipinski definition) is 5. The van der Waals surface area contributed by atoms with Gasteiger partial charge in [-0.25, -0.2) is 4.79 Å². The standard InChI is InChI=1S/C21H19Br4N3O4/c1-27-5-7-28(8-6-27)10-13(29)11-3-2-4-12(9-11)26-20(30)14-15(21(31)32)17(23)19(25)18(24)16(14)22/h2-4,9H,5-8,10H2,1H3,(H,26,30)(H,31,32). The van der Waals surface area contributed by atoms with Crippen molar-refractivity contribution in [2.45, 2.75) is 0 Å². The Morgan fingerprint density at radius 2 is 1.53 bits per heavy atom. The summed E-state index contributed by atoms with van der Waals surface area (Å²) in [6.07, 6.45) is 0. The van der Waals surface area contributed by atoms with E-state index in [4.69, 9.17) is 0 Å². The molecule has 1 heterocycles. The Kier molecular flexibility index (Phi) is 8.67. The number of carboxylic acid groups (broad SMARTS) is 1. The van der Waals surface area contributed by atoms with Gasteiger partial charge in [0.2, 0.25) is 0 Å². The second-order valence-electron chi connectivity index (χ2n) is 7.35. The quantitative estimate of drug-likeness (QED) is 0.248. The number of nitrogens with one attached hydrogen (secondary N) is 1. The number of carbonyl (C=O) groups is 3. The molecule has 0 atom stereocenters. The molecule has 2 N–H and O–H groups in total. The number of aromatic carboxylic acids is 1. The second kappa shape index (κ2) is 10.9. The van der Waals surface area contributed by atoms with Gasteiger partial charge in [0.1, 0.15) is 0 Å². The van der Waals surface area contributed by atoms with Crippen molar-refractivity contribution in [2.75, 3.05) is 45.1 Å². The van der Waals surface area contributed by atoms with Gasteiger partial charge >= 0.3 is 5.97 Å². The lowest BCUT2D eigenvalue weighted by molar-refractivity contribution is 0.0691. The number of halogens is 4. The molecule has 11 heteroatoms. The van der Waals surface area contributed by atoms with E-state index in [2.05, 4.69) is 85.9 Å². The maximum Gasteiger partial charge on any atom is 0.337 e. The van der Waals surface area contributed by atoms with Gasteiger partial charge in [0.15, 0.2) is 5.78 Å². The van der Waals surface area contributed by atoms with Crippen LogP contribution in [0.2, 0.25) is 0 Å². The van der Waals surface area contributed by atoms with Gasteiger partial charge in [0, 0.05) is 55.3 Å². The Labute approximate surface area is 219 Å².